The highest BCUT2D eigenvalue weighted by Gasteiger charge is 2.47. The van der Waals surface area contributed by atoms with Crippen molar-refractivity contribution in [1.29, 1.82) is 0 Å². The average Bonchev–Trinajstić information content (AvgIpc) is 1.99. The van der Waals surface area contributed by atoms with Crippen LogP contribution in [0.5, 0.6) is 0 Å². The Morgan fingerprint density at radius 1 is 1.46 bits per heavy atom. The van der Waals surface area contributed by atoms with Gasteiger partial charge in [0.15, 0.2) is 0 Å². The van der Waals surface area contributed by atoms with E-state index < -0.39 is 0 Å². The lowest BCUT2D eigenvalue weighted by Crippen LogP contribution is -2.64. The Balaban J connectivity index is 2.60. The van der Waals surface area contributed by atoms with Crippen molar-refractivity contribution in [1.82, 2.24) is 4.90 Å². The highest BCUT2D eigenvalue weighted by molar-refractivity contribution is 7.39. The van der Waals surface area contributed by atoms with E-state index in [-0.39, 0.29) is 0 Å². The third kappa shape index (κ3) is 2.07. The molecule has 2 heteroatoms. The molecule has 3 atom stereocenters. The van der Waals surface area contributed by atoms with Crippen molar-refractivity contribution in [2.45, 2.75) is 64.8 Å². The molecule has 13 heavy (non-hydrogen) atoms. The van der Waals surface area contributed by atoms with E-state index in [1.165, 1.54) is 19.0 Å². The van der Waals surface area contributed by atoms with Crippen molar-refractivity contribution >= 4 is 8.58 Å². The summed E-state index contributed by atoms with van der Waals surface area (Å²) in [6.45, 7) is 11.7. The van der Waals surface area contributed by atoms with E-state index in [4.69, 9.17) is 0 Å². The molecular weight excluding hydrogens is 177 g/mol. The van der Waals surface area contributed by atoms with E-state index in [2.05, 4.69) is 39.5 Å². The first-order valence-electron chi connectivity index (χ1n) is 5.58. The maximum Gasteiger partial charge on any atom is 0.0371 e. The summed E-state index contributed by atoms with van der Waals surface area (Å²) >= 11 is 0. The van der Waals surface area contributed by atoms with Crippen molar-refractivity contribution in [3.05, 3.63) is 0 Å². The van der Waals surface area contributed by atoms with Crippen molar-refractivity contribution in [3.8, 4) is 0 Å². The molecule has 1 aliphatic rings. The van der Waals surface area contributed by atoms with Gasteiger partial charge < -0.3 is 0 Å². The molecule has 1 rings (SSSR count). The summed E-state index contributed by atoms with van der Waals surface area (Å²) in [5.41, 5.74) is 0. The van der Waals surface area contributed by atoms with Crippen LogP contribution in [0.2, 0.25) is 0 Å². The Hall–Kier alpha value is 0.390. The lowest BCUT2D eigenvalue weighted by Gasteiger charge is -2.59. The molecule has 0 saturated carbocycles. The molecule has 0 N–H and O–H groups in total. The zero-order chi connectivity index (χ0) is 10.1. The van der Waals surface area contributed by atoms with E-state index in [0.29, 0.717) is 5.28 Å². The quantitative estimate of drug-likeness (QED) is 0.631. The predicted molar refractivity (Wildman–Crippen MR) is 62.9 cm³/mol. The van der Waals surface area contributed by atoms with Crippen LogP contribution in [0, 0.1) is 0 Å². The SMILES string of the molecule is CCPC1(C)CC(CC)N1C(C)C. The molecule has 1 heterocycles. The average molecular weight is 201 g/mol. The second-order valence-electron chi connectivity index (χ2n) is 4.57. The summed E-state index contributed by atoms with van der Waals surface area (Å²) in [4.78, 5) is 2.73. The fourth-order valence-corrected chi connectivity index (χ4v) is 4.59. The molecule has 78 valence electrons. The number of hydrogen-bond donors (Lipinski definition) is 0. The molecule has 0 bridgehead atoms. The van der Waals surface area contributed by atoms with Crippen LogP contribution in [-0.4, -0.2) is 28.4 Å². The van der Waals surface area contributed by atoms with Gasteiger partial charge in [-0.1, -0.05) is 13.8 Å². The van der Waals surface area contributed by atoms with Gasteiger partial charge in [0, 0.05) is 17.4 Å². The summed E-state index contributed by atoms with van der Waals surface area (Å²) in [7, 11) is 1.12. The monoisotopic (exact) mass is 201 g/mol. The molecular formula is C11H24NP. The Morgan fingerprint density at radius 2 is 2.08 bits per heavy atom. The normalized spacial score (nSPS) is 36.0. The number of likely N-dealkylation sites (tertiary alicyclic amines) is 1. The minimum atomic E-state index is 0.545. The minimum Gasteiger partial charge on any atom is -0.289 e. The molecule has 0 amide bonds. The summed E-state index contributed by atoms with van der Waals surface area (Å²) in [6, 6.07) is 1.59. The van der Waals surface area contributed by atoms with Crippen LogP contribution in [0.3, 0.4) is 0 Å². The van der Waals surface area contributed by atoms with Gasteiger partial charge in [0.1, 0.15) is 0 Å². The van der Waals surface area contributed by atoms with E-state index in [0.717, 1.165) is 20.7 Å². The first kappa shape index (κ1) is 11.5. The molecule has 0 aromatic carbocycles. The number of rotatable bonds is 4. The molecule has 0 aliphatic carbocycles. The molecule has 1 saturated heterocycles. The van der Waals surface area contributed by atoms with Crippen LogP contribution >= 0.6 is 8.58 Å². The molecule has 1 aliphatic heterocycles. The van der Waals surface area contributed by atoms with Crippen LogP contribution in [-0.2, 0) is 0 Å². The van der Waals surface area contributed by atoms with Gasteiger partial charge in [-0.3, -0.25) is 4.90 Å². The largest absolute Gasteiger partial charge is 0.289 e. The summed E-state index contributed by atoms with van der Waals surface area (Å²) < 4.78 is 0. The standard InChI is InChI=1S/C11H24NP/c1-6-10-8-11(5,13-7-2)12(10)9(3)4/h9-10,13H,6-8H2,1-5H3. The van der Waals surface area contributed by atoms with Gasteiger partial charge in [0.25, 0.3) is 0 Å². The number of nitrogens with zero attached hydrogens (tertiary/aromatic N) is 1. The van der Waals surface area contributed by atoms with Crippen LogP contribution in [0.25, 0.3) is 0 Å². The first-order chi connectivity index (χ1) is 6.05. The molecule has 1 fully saturated rings. The van der Waals surface area contributed by atoms with Gasteiger partial charge >= 0.3 is 0 Å². The van der Waals surface area contributed by atoms with Crippen molar-refractivity contribution < 1.29 is 0 Å². The van der Waals surface area contributed by atoms with Gasteiger partial charge in [0.05, 0.1) is 0 Å². The summed E-state index contributed by atoms with van der Waals surface area (Å²) in [6.07, 6.45) is 4.09. The Labute approximate surface area is 85.1 Å². The van der Waals surface area contributed by atoms with Crippen molar-refractivity contribution in [2.24, 2.45) is 0 Å². The zero-order valence-corrected chi connectivity index (χ0v) is 10.7. The van der Waals surface area contributed by atoms with Gasteiger partial charge in [0.2, 0.25) is 0 Å². The highest BCUT2D eigenvalue weighted by Crippen LogP contribution is 2.50. The minimum absolute atomic E-state index is 0.545. The Kier molecular flexibility index (Phi) is 3.77. The van der Waals surface area contributed by atoms with Crippen molar-refractivity contribution in [3.63, 3.8) is 0 Å². The lowest BCUT2D eigenvalue weighted by molar-refractivity contribution is -0.0304. The maximum atomic E-state index is 2.73. The van der Waals surface area contributed by atoms with E-state index in [1.807, 2.05) is 0 Å². The fourth-order valence-electron chi connectivity index (χ4n) is 2.83. The molecule has 0 spiro atoms. The Bertz CT molecular complexity index is 169. The van der Waals surface area contributed by atoms with Crippen LogP contribution < -0.4 is 0 Å². The zero-order valence-electron chi connectivity index (χ0n) is 9.72. The summed E-state index contributed by atoms with van der Waals surface area (Å²) in [5.74, 6) is 0. The van der Waals surface area contributed by atoms with E-state index in [1.54, 1.807) is 0 Å². The van der Waals surface area contributed by atoms with Crippen LogP contribution in [0.1, 0.15) is 47.5 Å². The van der Waals surface area contributed by atoms with E-state index in [9.17, 15) is 0 Å². The molecule has 0 aromatic rings. The molecule has 3 unspecified atom stereocenters. The second kappa shape index (κ2) is 4.28. The predicted octanol–water partition coefficient (Wildman–Crippen LogP) is 3.29. The van der Waals surface area contributed by atoms with E-state index >= 15 is 0 Å². The summed E-state index contributed by atoms with van der Waals surface area (Å²) in [5, 5.41) is 0.545. The maximum absolute atomic E-state index is 2.73. The second-order valence-corrected chi connectivity index (χ2v) is 6.71. The highest BCUT2D eigenvalue weighted by atomic mass is 31.1. The number of hydrogen-bond acceptors (Lipinski definition) is 1. The third-order valence-electron chi connectivity index (χ3n) is 3.18. The smallest absolute Gasteiger partial charge is 0.0371 e. The van der Waals surface area contributed by atoms with Gasteiger partial charge in [-0.2, -0.15) is 0 Å². The Morgan fingerprint density at radius 3 is 2.46 bits per heavy atom. The van der Waals surface area contributed by atoms with Crippen molar-refractivity contribution in [2.75, 3.05) is 6.16 Å². The van der Waals surface area contributed by atoms with Crippen LogP contribution in [0.4, 0.5) is 0 Å². The van der Waals surface area contributed by atoms with Gasteiger partial charge in [-0.05, 0) is 39.8 Å². The fraction of sp³-hybridized carbons (Fsp3) is 1.00. The van der Waals surface area contributed by atoms with Gasteiger partial charge in [-0.15, -0.1) is 8.58 Å². The molecule has 0 radical (unpaired) electrons. The van der Waals surface area contributed by atoms with Gasteiger partial charge in [-0.25, -0.2) is 0 Å². The molecule has 1 nitrogen and oxygen atoms in total. The molecule has 0 aromatic heterocycles. The lowest BCUT2D eigenvalue weighted by atomic mass is 9.89. The first-order valence-corrected chi connectivity index (χ1v) is 6.79. The topological polar surface area (TPSA) is 3.24 Å². The van der Waals surface area contributed by atoms with Crippen LogP contribution in [0.15, 0.2) is 0 Å². The third-order valence-corrected chi connectivity index (χ3v) is 4.76.